The summed E-state index contributed by atoms with van der Waals surface area (Å²) in [6.07, 6.45) is 8.63. The van der Waals surface area contributed by atoms with Crippen LogP contribution in [0.3, 0.4) is 0 Å². The van der Waals surface area contributed by atoms with Crippen molar-refractivity contribution in [3.8, 4) is 5.75 Å². The standard InChI is InChI=1S/C19H27NO/c1-21-19-5-3-2-4-17(19)15-8-10-20(11-9-15)18-13-14-6-7-16(18)12-14/h2-5,14-16,18H,6-13H2,1H3/t14-,16-,18-/m0/s1. The highest BCUT2D eigenvalue weighted by molar-refractivity contribution is 5.36. The monoisotopic (exact) mass is 285 g/mol. The van der Waals surface area contributed by atoms with Gasteiger partial charge in [0, 0.05) is 6.04 Å². The van der Waals surface area contributed by atoms with Gasteiger partial charge in [0.2, 0.25) is 0 Å². The second kappa shape index (κ2) is 5.64. The zero-order chi connectivity index (χ0) is 14.2. The molecule has 4 rings (SSSR count). The van der Waals surface area contributed by atoms with Gasteiger partial charge in [-0.05, 0) is 74.6 Å². The van der Waals surface area contributed by atoms with E-state index in [0.717, 1.165) is 23.6 Å². The van der Waals surface area contributed by atoms with Crippen LogP contribution in [-0.4, -0.2) is 31.1 Å². The lowest BCUT2D eigenvalue weighted by Crippen LogP contribution is -2.43. The quantitative estimate of drug-likeness (QED) is 0.830. The molecule has 2 aliphatic carbocycles. The third kappa shape index (κ3) is 2.48. The number of methoxy groups -OCH3 is 1. The molecule has 2 nitrogen and oxygen atoms in total. The van der Waals surface area contributed by atoms with Crippen LogP contribution < -0.4 is 4.74 Å². The summed E-state index contributed by atoms with van der Waals surface area (Å²) >= 11 is 0. The Labute approximate surface area is 128 Å². The van der Waals surface area contributed by atoms with Gasteiger partial charge in [-0.15, -0.1) is 0 Å². The lowest BCUT2D eigenvalue weighted by atomic mass is 9.86. The summed E-state index contributed by atoms with van der Waals surface area (Å²) in [5, 5.41) is 0. The average Bonchev–Trinajstić information content (AvgIpc) is 3.18. The highest BCUT2D eigenvalue weighted by atomic mass is 16.5. The van der Waals surface area contributed by atoms with Crippen LogP contribution >= 0.6 is 0 Å². The van der Waals surface area contributed by atoms with E-state index in [9.17, 15) is 0 Å². The van der Waals surface area contributed by atoms with Crippen molar-refractivity contribution in [3.63, 3.8) is 0 Å². The highest BCUT2D eigenvalue weighted by Crippen LogP contribution is 2.47. The molecule has 1 aromatic rings. The molecule has 1 aliphatic heterocycles. The van der Waals surface area contributed by atoms with Gasteiger partial charge < -0.3 is 9.64 Å². The second-order valence-corrected chi connectivity index (χ2v) is 7.29. The van der Waals surface area contributed by atoms with Gasteiger partial charge in [-0.2, -0.15) is 0 Å². The first-order valence-corrected chi connectivity index (χ1v) is 8.72. The van der Waals surface area contributed by atoms with Crippen LogP contribution in [0, 0.1) is 11.8 Å². The zero-order valence-corrected chi connectivity index (χ0v) is 13.1. The van der Waals surface area contributed by atoms with Crippen molar-refractivity contribution in [3.05, 3.63) is 29.8 Å². The van der Waals surface area contributed by atoms with Crippen LogP contribution in [0.25, 0.3) is 0 Å². The maximum Gasteiger partial charge on any atom is 0.122 e. The minimum absolute atomic E-state index is 0.691. The van der Waals surface area contributed by atoms with Crippen LogP contribution in [0.1, 0.15) is 50.0 Å². The molecule has 0 aromatic heterocycles. The number of piperidine rings is 1. The summed E-state index contributed by atoms with van der Waals surface area (Å²) in [6.45, 7) is 2.58. The smallest absolute Gasteiger partial charge is 0.122 e. The fourth-order valence-corrected chi connectivity index (χ4v) is 5.20. The summed E-state index contributed by atoms with van der Waals surface area (Å²) in [6, 6.07) is 9.52. The number of hydrogen-bond donors (Lipinski definition) is 0. The van der Waals surface area contributed by atoms with Gasteiger partial charge in [0.25, 0.3) is 0 Å². The second-order valence-electron chi connectivity index (χ2n) is 7.29. The van der Waals surface area contributed by atoms with Gasteiger partial charge in [0.15, 0.2) is 0 Å². The van der Waals surface area contributed by atoms with E-state index in [4.69, 9.17) is 4.74 Å². The zero-order valence-electron chi connectivity index (χ0n) is 13.1. The summed E-state index contributed by atoms with van der Waals surface area (Å²) in [5.41, 5.74) is 1.42. The van der Waals surface area contributed by atoms with Crippen LogP contribution in [0.4, 0.5) is 0 Å². The van der Waals surface area contributed by atoms with Crippen LogP contribution in [0.5, 0.6) is 5.75 Å². The summed E-state index contributed by atoms with van der Waals surface area (Å²) in [5.74, 6) is 3.86. The van der Waals surface area contributed by atoms with Crippen molar-refractivity contribution >= 4 is 0 Å². The van der Waals surface area contributed by atoms with E-state index >= 15 is 0 Å². The Bertz CT molecular complexity index is 492. The van der Waals surface area contributed by atoms with E-state index in [1.807, 2.05) is 0 Å². The third-order valence-electron chi connectivity index (χ3n) is 6.28. The first-order chi connectivity index (χ1) is 10.3. The molecule has 0 spiro atoms. The van der Waals surface area contributed by atoms with Crippen LogP contribution in [0.2, 0.25) is 0 Å². The minimum atomic E-state index is 0.691. The topological polar surface area (TPSA) is 12.5 Å². The number of likely N-dealkylation sites (tertiary alicyclic amines) is 1. The normalized spacial score (nSPS) is 33.5. The maximum atomic E-state index is 5.55. The van der Waals surface area contributed by atoms with Crippen molar-refractivity contribution in [1.29, 1.82) is 0 Å². The molecule has 21 heavy (non-hydrogen) atoms. The number of nitrogens with zero attached hydrogens (tertiary/aromatic N) is 1. The van der Waals surface area contributed by atoms with Crippen molar-refractivity contribution < 1.29 is 4.74 Å². The molecule has 114 valence electrons. The summed E-state index contributed by atoms with van der Waals surface area (Å²) < 4.78 is 5.55. The molecule has 0 radical (unpaired) electrons. The van der Waals surface area contributed by atoms with E-state index in [2.05, 4.69) is 29.2 Å². The fourth-order valence-electron chi connectivity index (χ4n) is 5.20. The Hall–Kier alpha value is -1.02. The molecule has 0 N–H and O–H groups in total. The van der Waals surface area contributed by atoms with E-state index in [-0.39, 0.29) is 0 Å². The van der Waals surface area contributed by atoms with Gasteiger partial charge >= 0.3 is 0 Å². The maximum absolute atomic E-state index is 5.55. The number of benzene rings is 1. The number of ether oxygens (including phenoxy) is 1. The Kier molecular flexibility index (Phi) is 3.66. The van der Waals surface area contributed by atoms with Gasteiger partial charge in [-0.1, -0.05) is 24.6 Å². The van der Waals surface area contributed by atoms with Gasteiger partial charge in [-0.25, -0.2) is 0 Å². The molecule has 1 aromatic carbocycles. The van der Waals surface area contributed by atoms with Crippen LogP contribution in [-0.2, 0) is 0 Å². The molecule has 3 fully saturated rings. The fraction of sp³-hybridized carbons (Fsp3) is 0.684. The molecule has 3 atom stereocenters. The third-order valence-corrected chi connectivity index (χ3v) is 6.28. The largest absolute Gasteiger partial charge is 0.496 e. The number of fused-ring (bicyclic) bond motifs is 2. The van der Waals surface area contributed by atoms with Gasteiger partial charge in [-0.3, -0.25) is 0 Å². The molecule has 3 aliphatic rings. The lowest BCUT2D eigenvalue weighted by molar-refractivity contribution is 0.110. The lowest BCUT2D eigenvalue weighted by Gasteiger charge is -2.40. The molecule has 0 unspecified atom stereocenters. The highest BCUT2D eigenvalue weighted by Gasteiger charge is 2.42. The minimum Gasteiger partial charge on any atom is -0.496 e. The number of hydrogen-bond acceptors (Lipinski definition) is 2. The van der Waals surface area contributed by atoms with Gasteiger partial charge in [0.05, 0.1) is 7.11 Å². The molecule has 1 saturated heterocycles. The molecule has 2 saturated carbocycles. The van der Waals surface area contributed by atoms with E-state index in [0.29, 0.717) is 5.92 Å². The molecule has 1 heterocycles. The number of rotatable bonds is 3. The molecular formula is C19H27NO. The first-order valence-electron chi connectivity index (χ1n) is 8.72. The summed E-state index contributed by atoms with van der Waals surface area (Å²) in [4.78, 5) is 2.82. The van der Waals surface area contributed by atoms with E-state index < -0.39 is 0 Å². The predicted octanol–water partition coefficient (Wildman–Crippen LogP) is 4.06. The average molecular weight is 285 g/mol. The Balaban J connectivity index is 1.40. The molecule has 2 heteroatoms. The molecule has 2 bridgehead atoms. The SMILES string of the molecule is COc1ccccc1C1CCN([C@H]2C[C@H]3CC[C@H]2C3)CC1. The Morgan fingerprint density at radius 1 is 1.00 bits per heavy atom. The van der Waals surface area contributed by atoms with Crippen molar-refractivity contribution in [2.75, 3.05) is 20.2 Å². The van der Waals surface area contributed by atoms with E-state index in [1.165, 1.54) is 57.2 Å². The van der Waals surface area contributed by atoms with Crippen LogP contribution in [0.15, 0.2) is 24.3 Å². The van der Waals surface area contributed by atoms with Crippen molar-refractivity contribution in [2.45, 2.75) is 50.5 Å². The Morgan fingerprint density at radius 2 is 1.81 bits per heavy atom. The first kappa shape index (κ1) is 13.6. The van der Waals surface area contributed by atoms with Crippen molar-refractivity contribution in [1.82, 2.24) is 4.90 Å². The van der Waals surface area contributed by atoms with E-state index in [1.54, 1.807) is 7.11 Å². The van der Waals surface area contributed by atoms with Crippen molar-refractivity contribution in [2.24, 2.45) is 11.8 Å². The molecular weight excluding hydrogens is 258 g/mol. The summed E-state index contributed by atoms with van der Waals surface area (Å²) in [7, 11) is 1.79. The van der Waals surface area contributed by atoms with Gasteiger partial charge in [0.1, 0.15) is 5.75 Å². The number of para-hydroxylation sites is 1. The Morgan fingerprint density at radius 3 is 2.48 bits per heavy atom. The molecule has 0 amide bonds. The predicted molar refractivity (Wildman–Crippen MR) is 85.8 cm³/mol.